The molecular formula is C19H24N4O3S. The van der Waals surface area contributed by atoms with E-state index in [0.29, 0.717) is 19.0 Å². The molecule has 0 radical (unpaired) electrons. The first kappa shape index (κ1) is 18.2. The molecule has 0 bridgehead atoms. The van der Waals surface area contributed by atoms with E-state index in [1.807, 2.05) is 24.3 Å². The van der Waals surface area contributed by atoms with Crippen molar-refractivity contribution in [3.8, 4) is 0 Å². The van der Waals surface area contributed by atoms with Gasteiger partial charge in [0, 0.05) is 42.8 Å². The quantitative estimate of drug-likeness (QED) is 0.847. The number of nitrogens with zero attached hydrogens (tertiary/aromatic N) is 3. The number of pyridine rings is 2. The van der Waals surface area contributed by atoms with Crippen LogP contribution >= 0.6 is 0 Å². The van der Waals surface area contributed by atoms with Crippen LogP contribution in [0.3, 0.4) is 0 Å². The molecule has 0 aromatic carbocycles. The monoisotopic (exact) mass is 388 g/mol. The molecule has 0 atom stereocenters. The third-order valence-electron chi connectivity index (χ3n) is 5.38. The number of likely N-dealkylation sites (tertiary alicyclic amines) is 1. The molecule has 7 nitrogen and oxygen atoms in total. The van der Waals surface area contributed by atoms with Gasteiger partial charge >= 0.3 is 6.03 Å². The maximum Gasteiger partial charge on any atom is 0.317 e. The lowest BCUT2D eigenvalue weighted by molar-refractivity contribution is 0.181. The Labute approximate surface area is 159 Å². The number of carbonyl (C=O) groups excluding carboxylic acids is 1. The average molecular weight is 388 g/mol. The van der Waals surface area contributed by atoms with E-state index in [9.17, 15) is 13.2 Å². The Morgan fingerprint density at radius 3 is 2.67 bits per heavy atom. The summed E-state index contributed by atoms with van der Waals surface area (Å²) in [7, 11) is -3.02. The van der Waals surface area contributed by atoms with Gasteiger partial charge in [-0.25, -0.2) is 23.2 Å². The summed E-state index contributed by atoms with van der Waals surface area (Å²) in [6.07, 6.45) is 4.97. The zero-order chi connectivity index (χ0) is 18.9. The lowest BCUT2D eigenvalue weighted by Crippen LogP contribution is -2.45. The molecule has 2 fully saturated rings. The molecule has 1 aliphatic carbocycles. The second kappa shape index (κ2) is 7.42. The SMILES string of the molecule is O=C(NCCS(=O)(=O)C1CC1)N1CCC(c2ccc3cccnc3n2)CC1. The molecule has 3 heterocycles. The highest BCUT2D eigenvalue weighted by atomic mass is 32.2. The molecule has 1 saturated heterocycles. The summed E-state index contributed by atoms with van der Waals surface area (Å²) in [6.45, 7) is 1.48. The molecule has 8 heteroatoms. The Kier molecular flexibility index (Phi) is 4.99. The fourth-order valence-corrected chi connectivity index (χ4v) is 5.15. The van der Waals surface area contributed by atoms with Gasteiger partial charge in [-0.05, 0) is 49.9 Å². The standard InChI is InChI=1S/C19H24N4O3S/c24-19(21-10-13-27(25,26)16-4-5-16)23-11-7-14(8-12-23)17-6-3-15-2-1-9-20-18(15)22-17/h1-3,6,9,14,16H,4-5,7-8,10-13H2,(H,21,24). The fraction of sp³-hybridized carbons (Fsp3) is 0.526. The smallest absolute Gasteiger partial charge is 0.317 e. The molecule has 2 aromatic heterocycles. The lowest BCUT2D eigenvalue weighted by Gasteiger charge is -2.31. The van der Waals surface area contributed by atoms with Crippen molar-refractivity contribution < 1.29 is 13.2 Å². The molecule has 1 saturated carbocycles. The van der Waals surface area contributed by atoms with Crippen LogP contribution in [0.2, 0.25) is 0 Å². The highest BCUT2D eigenvalue weighted by molar-refractivity contribution is 7.92. The summed E-state index contributed by atoms with van der Waals surface area (Å²) in [6, 6.07) is 7.82. The highest BCUT2D eigenvalue weighted by Crippen LogP contribution is 2.29. The van der Waals surface area contributed by atoms with E-state index in [1.165, 1.54) is 0 Å². The number of carbonyl (C=O) groups is 1. The van der Waals surface area contributed by atoms with Gasteiger partial charge in [0.25, 0.3) is 0 Å². The summed E-state index contributed by atoms with van der Waals surface area (Å²) in [5.74, 6) is 0.351. The third kappa shape index (κ3) is 4.21. The van der Waals surface area contributed by atoms with Crippen LogP contribution in [0, 0.1) is 0 Å². The average Bonchev–Trinajstić information content (AvgIpc) is 3.53. The summed E-state index contributed by atoms with van der Waals surface area (Å²) >= 11 is 0. The van der Waals surface area contributed by atoms with E-state index in [-0.39, 0.29) is 23.6 Å². The van der Waals surface area contributed by atoms with Crippen LogP contribution in [0.4, 0.5) is 4.79 Å². The van der Waals surface area contributed by atoms with Crippen molar-refractivity contribution in [3.63, 3.8) is 0 Å². The minimum absolute atomic E-state index is 0.0356. The van der Waals surface area contributed by atoms with E-state index in [0.717, 1.165) is 42.4 Å². The molecule has 27 heavy (non-hydrogen) atoms. The van der Waals surface area contributed by atoms with E-state index in [1.54, 1.807) is 11.1 Å². The van der Waals surface area contributed by atoms with Crippen molar-refractivity contribution in [2.24, 2.45) is 0 Å². The van der Waals surface area contributed by atoms with Gasteiger partial charge in [0.2, 0.25) is 0 Å². The predicted molar refractivity (Wildman–Crippen MR) is 103 cm³/mol. The van der Waals surface area contributed by atoms with Gasteiger partial charge in [0.05, 0.1) is 11.0 Å². The van der Waals surface area contributed by atoms with Crippen LogP contribution in [0.25, 0.3) is 11.0 Å². The minimum Gasteiger partial charge on any atom is -0.337 e. The van der Waals surface area contributed by atoms with E-state index < -0.39 is 9.84 Å². The van der Waals surface area contributed by atoms with Gasteiger partial charge in [-0.3, -0.25) is 0 Å². The maximum absolute atomic E-state index is 12.3. The normalized spacial score (nSPS) is 18.6. The van der Waals surface area contributed by atoms with Crippen LogP contribution in [0.15, 0.2) is 30.5 Å². The van der Waals surface area contributed by atoms with E-state index in [4.69, 9.17) is 0 Å². The molecular weight excluding hydrogens is 364 g/mol. The van der Waals surface area contributed by atoms with Gasteiger partial charge in [-0.15, -0.1) is 0 Å². The Bertz CT molecular complexity index is 935. The Morgan fingerprint density at radius 2 is 1.93 bits per heavy atom. The molecule has 0 unspecified atom stereocenters. The molecule has 144 valence electrons. The molecule has 2 amide bonds. The lowest BCUT2D eigenvalue weighted by atomic mass is 9.93. The number of aromatic nitrogens is 2. The van der Waals surface area contributed by atoms with Crippen molar-refractivity contribution in [1.29, 1.82) is 0 Å². The minimum atomic E-state index is -3.02. The van der Waals surface area contributed by atoms with E-state index in [2.05, 4.69) is 15.3 Å². The highest BCUT2D eigenvalue weighted by Gasteiger charge is 2.35. The van der Waals surface area contributed by atoms with Gasteiger partial charge in [-0.2, -0.15) is 0 Å². The first-order chi connectivity index (χ1) is 13.0. The molecule has 4 rings (SSSR count). The Balaban J connectivity index is 1.28. The second-order valence-electron chi connectivity index (χ2n) is 7.35. The number of sulfone groups is 1. The second-order valence-corrected chi connectivity index (χ2v) is 9.75. The number of amides is 2. The number of rotatable bonds is 5. The van der Waals surface area contributed by atoms with Crippen LogP contribution in [-0.2, 0) is 9.84 Å². The van der Waals surface area contributed by atoms with Gasteiger partial charge < -0.3 is 10.2 Å². The number of nitrogens with one attached hydrogen (secondary N) is 1. The first-order valence-corrected chi connectivity index (χ1v) is 11.2. The van der Waals surface area contributed by atoms with Crippen molar-refractivity contribution in [2.75, 3.05) is 25.4 Å². The van der Waals surface area contributed by atoms with Crippen molar-refractivity contribution >= 4 is 26.9 Å². The molecule has 0 spiro atoms. The van der Waals surface area contributed by atoms with Gasteiger partial charge in [-0.1, -0.05) is 0 Å². The molecule has 2 aromatic rings. The fourth-order valence-electron chi connectivity index (χ4n) is 3.58. The number of urea groups is 1. The van der Waals surface area contributed by atoms with Crippen molar-refractivity contribution in [2.45, 2.75) is 36.9 Å². The topological polar surface area (TPSA) is 92.3 Å². The molecule has 1 aliphatic heterocycles. The van der Waals surface area contributed by atoms with Crippen LogP contribution in [0.5, 0.6) is 0 Å². The number of hydrogen-bond acceptors (Lipinski definition) is 5. The third-order valence-corrected chi connectivity index (χ3v) is 7.64. The van der Waals surface area contributed by atoms with Crippen molar-refractivity contribution in [1.82, 2.24) is 20.2 Å². The number of fused-ring (bicyclic) bond motifs is 1. The molecule has 1 N–H and O–H groups in total. The van der Waals surface area contributed by atoms with Gasteiger partial charge in [0.1, 0.15) is 0 Å². The maximum atomic E-state index is 12.3. The van der Waals surface area contributed by atoms with E-state index >= 15 is 0 Å². The summed E-state index contributed by atoms with van der Waals surface area (Å²) in [4.78, 5) is 23.0. The number of piperidine rings is 1. The van der Waals surface area contributed by atoms with Gasteiger partial charge in [0.15, 0.2) is 15.5 Å². The molecule has 2 aliphatic rings. The first-order valence-electron chi connectivity index (χ1n) is 9.49. The largest absolute Gasteiger partial charge is 0.337 e. The zero-order valence-electron chi connectivity index (χ0n) is 15.2. The summed E-state index contributed by atoms with van der Waals surface area (Å²) in [5.41, 5.74) is 1.78. The van der Waals surface area contributed by atoms with Crippen LogP contribution in [0.1, 0.15) is 37.3 Å². The number of hydrogen-bond donors (Lipinski definition) is 1. The zero-order valence-corrected chi connectivity index (χ0v) is 16.0. The predicted octanol–water partition coefficient (Wildman–Crippen LogP) is 2.10. The summed E-state index contributed by atoms with van der Waals surface area (Å²) < 4.78 is 23.7. The van der Waals surface area contributed by atoms with Crippen molar-refractivity contribution in [3.05, 3.63) is 36.2 Å². The van der Waals surface area contributed by atoms with Crippen LogP contribution < -0.4 is 5.32 Å². The summed E-state index contributed by atoms with van der Waals surface area (Å²) in [5, 5.41) is 3.61. The Morgan fingerprint density at radius 1 is 1.15 bits per heavy atom. The Hall–Kier alpha value is -2.22. The van der Waals surface area contributed by atoms with Crippen LogP contribution in [-0.4, -0.2) is 60.0 Å².